The highest BCUT2D eigenvalue weighted by Crippen LogP contribution is 2.43. The van der Waals surface area contributed by atoms with Crippen LogP contribution in [0.1, 0.15) is 29.4 Å². The molecule has 0 saturated carbocycles. The van der Waals surface area contributed by atoms with Gasteiger partial charge in [0.15, 0.2) is 0 Å². The normalized spacial score (nSPS) is 29.7. The number of piperidine rings is 1. The molecule has 2 heteroatoms. The lowest BCUT2D eigenvalue weighted by Gasteiger charge is -2.19. The number of benzene rings is 1. The summed E-state index contributed by atoms with van der Waals surface area (Å²) in [7, 11) is 0. The Morgan fingerprint density at radius 2 is 2.00 bits per heavy atom. The highest BCUT2D eigenvalue weighted by atomic mass is 16.1. The van der Waals surface area contributed by atoms with Gasteiger partial charge in [-0.15, -0.1) is 0 Å². The number of hydrogen-bond acceptors (Lipinski definition) is 1. The van der Waals surface area contributed by atoms with Gasteiger partial charge in [-0.25, -0.2) is 0 Å². The molecule has 1 saturated heterocycles. The summed E-state index contributed by atoms with van der Waals surface area (Å²) in [5, 5.41) is 2.95. The lowest BCUT2D eigenvalue weighted by Crippen LogP contribution is -2.34. The molecule has 1 N–H and O–H groups in total. The van der Waals surface area contributed by atoms with Crippen LogP contribution < -0.4 is 5.32 Å². The molecule has 1 amide bonds. The van der Waals surface area contributed by atoms with Crippen molar-refractivity contribution in [1.82, 2.24) is 5.32 Å². The molecule has 0 unspecified atom stereocenters. The van der Waals surface area contributed by atoms with E-state index in [1.807, 2.05) is 6.07 Å². The van der Waals surface area contributed by atoms with Crippen LogP contribution in [0.2, 0.25) is 0 Å². The fourth-order valence-corrected chi connectivity index (χ4v) is 2.53. The molecule has 2 atom stereocenters. The first-order valence-electron chi connectivity index (χ1n) is 4.73. The van der Waals surface area contributed by atoms with E-state index in [0.717, 1.165) is 13.0 Å². The van der Waals surface area contributed by atoms with Crippen molar-refractivity contribution < 1.29 is 4.79 Å². The zero-order valence-corrected chi connectivity index (χ0v) is 7.29. The van der Waals surface area contributed by atoms with E-state index in [0.29, 0.717) is 5.92 Å². The number of nitrogens with one attached hydrogen (secondary N) is 1. The Morgan fingerprint density at radius 3 is 2.85 bits per heavy atom. The molecule has 1 aliphatic heterocycles. The smallest absolute Gasteiger partial charge is 0.227 e. The molecule has 0 radical (unpaired) electrons. The quantitative estimate of drug-likeness (QED) is 0.631. The van der Waals surface area contributed by atoms with Gasteiger partial charge in [0.1, 0.15) is 0 Å². The van der Waals surface area contributed by atoms with Crippen LogP contribution in [0.3, 0.4) is 0 Å². The average molecular weight is 173 g/mol. The van der Waals surface area contributed by atoms with Gasteiger partial charge in [0.05, 0.1) is 5.92 Å². The van der Waals surface area contributed by atoms with Crippen molar-refractivity contribution >= 4 is 5.91 Å². The van der Waals surface area contributed by atoms with Crippen LogP contribution in [0.5, 0.6) is 0 Å². The maximum Gasteiger partial charge on any atom is 0.227 e. The topological polar surface area (TPSA) is 29.1 Å². The number of amides is 1. The summed E-state index contributed by atoms with van der Waals surface area (Å²) in [5.74, 6) is 0.912. The van der Waals surface area contributed by atoms with Crippen LogP contribution in [0.15, 0.2) is 24.3 Å². The standard InChI is InChI=1S/C11H11NO/c13-11-10-5-7(6-12-11)8-3-1-2-4-9(8)10/h1-4,7,10H,5-6H2,(H,12,13)/t7-,10+/m1/s1. The number of fused-ring (bicyclic) bond motifs is 5. The summed E-state index contributed by atoms with van der Waals surface area (Å²) in [6.07, 6.45) is 1.02. The first-order chi connectivity index (χ1) is 6.36. The Balaban J connectivity index is 2.18. The molecule has 1 aromatic rings. The zero-order valence-electron chi connectivity index (χ0n) is 7.29. The van der Waals surface area contributed by atoms with Gasteiger partial charge in [0.25, 0.3) is 0 Å². The molecule has 1 fully saturated rings. The van der Waals surface area contributed by atoms with E-state index in [-0.39, 0.29) is 11.8 Å². The van der Waals surface area contributed by atoms with Crippen molar-refractivity contribution in [1.29, 1.82) is 0 Å². The Bertz CT molecular complexity index is 372. The van der Waals surface area contributed by atoms with Crippen LogP contribution in [-0.2, 0) is 4.79 Å². The van der Waals surface area contributed by atoms with Crippen LogP contribution in [0.4, 0.5) is 0 Å². The number of hydrogen-bond donors (Lipinski definition) is 1. The van der Waals surface area contributed by atoms with Crippen molar-refractivity contribution in [3.8, 4) is 0 Å². The third-order valence-corrected chi connectivity index (χ3v) is 3.17. The van der Waals surface area contributed by atoms with Crippen molar-refractivity contribution in [3.05, 3.63) is 35.4 Å². The predicted octanol–water partition coefficient (Wildman–Crippen LogP) is 1.39. The number of carbonyl (C=O) groups is 1. The highest BCUT2D eigenvalue weighted by molar-refractivity contribution is 5.86. The third kappa shape index (κ3) is 0.857. The van der Waals surface area contributed by atoms with E-state index >= 15 is 0 Å². The fourth-order valence-electron chi connectivity index (χ4n) is 2.53. The lowest BCUT2D eigenvalue weighted by molar-refractivity contribution is -0.123. The minimum atomic E-state index is 0.134. The summed E-state index contributed by atoms with van der Waals surface area (Å²) < 4.78 is 0. The van der Waals surface area contributed by atoms with Gasteiger partial charge < -0.3 is 5.32 Å². The Hall–Kier alpha value is -1.31. The second-order valence-electron chi connectivity index (χ2n) is 3.86. The lowest BCUT2D eigenvalue weighted by atomic mass is 9.97. The van der Waals surface area contributed by atoms with Gasteiger partial charge in [-0.1, -0.05) is 24.3 Å². The fraction of sp³-hybridized carbons (Fsp3) is 0.364. The van der Waals surface area contributed by atoms with Gasteiger partial charge >= 0.3 is 0 Å². The van der Waals surface area contributed by atoms with Crippen LogP contribution in [0.25, 0.3) is 0 Å². The maximum atomic E-state index is 11.5. The van der Waals surface area contributed by atoms with E-state index in [2.05, 4.69) is 23.5 Å². The van der Waals surface area contributed by atoms with E-state index in [1.54, 1.807) is 0 Å². The highest BCUT2D eigenvalue weighted by Gasteiger charge is 2.38. The van der Waals surface area contributed by atoms with Crippen LogP contribution >= 0.6 is 0 Å². The predicted molar refractivity (Wildman–Crippen MR) is 49.6 cm³/mol. The van der Waals surface area contributed by atoms with E-state index in [9.17, 15) is 4.79 Å². The molecule has 1 aromatic carbocycles. The molecule has 2 aliphatic rings. The van der Waals surface area contributed by atoms with Crippen LogP contribution in [0, 0.1) is 0 Å². The van der Waals surface area contributed by atoms with Crippen molar-refractivity contribution in [2.45, 2.75) is 18.3 Å². The molecule has 0 spiro atoms. The molecular weight excluding hydrogens is 162 g/mol. The largest absolute Gasteiger partial charge is 0.355 e. The van der Waals surface area contributed by atoms with Crippen molar-refractivity contribution in [2.75, 3.05) is 6.54 Å². The van der Waals surface area contributed by atoms with Gasteiger partial charge in [0, 0.05) is 12.5 Å². The minimum Gasteiger partial charge on any atom is -0.355 e. The Labute approximate surface area is 77.0 Å². The van der Waals surface area contributed by atoms with E-state index in [1.165, 1.54) is 11.1 Å². The minimum absolute atomic E-state index is 0.134. The SMILES string of the molecule is O=C1NC[C@H]2C[C@H]1c1ccccc12. The number of rotatable bonds is 0. The molecule has 3 rings (SSSR count). The van der Waals surface area contributed by atoms with E-state index in [4.69, 9.17) is 0 Å². The molecule has 2 nitrogen and oxygen atoms in total. The molecular formula is C11H11NO. The van der Waals surface area contributed by atoms with Gasteiger partial charge in [0.2, 0.25) is 5.91 Å². The summed E-state index contributed by atoms with van der Waals surface area (Å²) in [6, 6.07) is 8.32. The molecule has 2 bridgehead atoms. The maximum absolute atomic E-state index is 11.5. The van der Waals surface area contributed by atoms with Gasteiger partial charge in [-0.2, -0.15) is 0 Å². The average Bonchev–Trinajstić information content (AvgIpc) is 2.48. The Morgan fingerprint density at radius 1 is 1.23 bits per heavy atom. The first-order valence-corrected chi connectivity index (χ1v) is 4.73. The molecule has 0 aromatic heterocycles. The summed E-state index contributed by atoms with van der Waals surface area (Å²) in [6.45, 7) is 0.826. The molecule has 1 aliphatic carbocycles. The molecule has 1 heterocycles. The summed E-state index contributed by atoms with van der Waals surface area (Å²) >= 11 is 0. The monoisotopic (exact) mass is 173 g/mol. The number of carbonyl (C=O) groups excluding carboxylic acids is 1. The second-order valence-corrected chi connectivity index (χ2v) is 3.86. The van der Waals surface area contributed by atoms with Crippen molar-refractivity contribution in [2.24, 2.45) is 0 Å². The van der Waals surface area contributed by atoms with Crippen LogP contribution in [-0.4, -0.2) is 12.5 Å². The van der Waals surface area contributed by atoms with Gasteiger partial charge in [-0.3, -0.25) is 4.79 Å². The second kappa shape index (κ2) is 2.34. The Kier molecular flexibility index (Phi) is 1.29. The van der Waals surface area contributed by atoms with E-state index < -0.39 is 0 Å². The summed E-state index contributed by atoms with van der Waals surface area (Å²) in [5.41, 5.74) is 2.63. The summed E-state index contributed by atoms with van der Waals surface area (Å²) in [4.78, 5) is 11.5. The van der Waals surface area contributed by atoms with Gasteiger partial charge in [-0.05, 0) is 17.5 Å². The molecule has 13 heavy (non-hydrogen) atoms. The zero-order chi connectivity index (χ0) is 8.84. The third-order valence-electron chi connectivity index (χ3n) is 3.17. The van der Waals surface area contributed by atoms with Crippen molar-refractivity contribution in [3.63, 3.8) is 0 Å². The molecule has 66 valence electrons. The first kappa shape index (κ1) is 7.13.